The van der Waals surface area contributed by atoms with Crippen LogP contribution in [-0.4, -0.2) is 45.2 Å². The van der Waals surface area contributed by atoms with Crippen molar-refractivity contribution in [3.63, 3.8) is 0 Å². The van der Waals surface area contributed by atoms with Crippen LogP contribution < -0.4 is 5.32 Å². The molecule has 1 atom stereocenters. The van der Waals surface area contributed by atoms with Crippen molar-refractivity contribution < 1.29 is 9.90 Å². The van der Waals surface area contributed by atoms with E-state index in [4.69, 9.17) is 0 Å². The maximum atomic E-state index is 12.3. The van der Waals surface area contributed by atoms with E-state index in [1.807, 2.05) is 19.1 Å². The predicted octanol–water partition coefficient (Wildman–Crippen LogP) is 2.45. The van der Waals surface area contributed by atoms with Crippen molar-refractivity contribution in [3.8, 4) is 5.75 Å². The number of benzene rings is 1. The number of likely N-dealkylation sites (tertiary alicyclic amines) is 1. The summed E-state index contributed by atoms with van der Waals surface area (Å²) in [6.45, 7) is 3.65. The van der Waals surface area contributed by atoms with Crippen LogP contribution >= 0.6 is 11.3 Å². The maximum absolute atomic E-state index is 12.3. The molecule has 1 aromatic carbocycles. The Balaban J connectivity index is 1.54. The molecule has 0 saturated carbocycles. The lowest BCUT2D eigenvalue weighted by Gasteiger charge is -2.35. The number of carbonyl (C=O) groups excluding carboxylic acids is 1. The number of carbonyl (C=O) groups is 1. The van der Waals surface area contributed by atoms with Gasteiger partial charge >= 0.3 is 0 Å². The van der Waals surface area contributed by atoms with Gasteiger partial charge in [-0.15, -0.1) is 10.2 Å². The quantitative estimate of drug-likeness (QED) is 0.899. The highest BCUT2D eigenvalue weighted by atomic mass is 32.1. The Bertz CT molecular complexity index is 654. The van der Waals surface area contributed by atoms with E-state index in [1.54, 1.807) is 11.6 Å². The second-order valence-electron chi connectivity index (χ2n) is 5.81. The third-order valence-corrected chi connectivity index (χ3v) is 5.00. The van der Waals surface area contributed by atoms with E-state index < -0.39 is 0 Å². The minimum absolute atomic E-state index is 0.0439. The molecule has 2 aromatic rings. The number of nitrogens with zero attached hydrogens (tertiary/aromatic N) is 3. The first kappa shape index (κ1) is 15.9. The number of piperidine rings is 1. The summed E-state index contributed by atoms with van der Waals surface area (Å²) in [7, 11) is 0. The van der Waals surface area contributed by atoms with Gasteiger partial charge < -0.3 is 5.11 Å². The van der Waals surface area contributed by atoms with Crippen molar-refractivity contribution in [2.75, 3.05) is 18.4 Å². The molecular formula is C16H20N4O2S. The molecule has 0 bridgehead atoms. The third kappa shape index (κ3) is 3.86. The minimum atomic E-state index is -0.191. The number of rotatable bonds is 4. The fraction of sp³-hybridized carbons (Fsp3) is 0.438. The molecule has 1 aromatic heterocycles. The Hall–Kier alpha value is -1.99. The standard InChI is InChI=1S/C16H20N4O2S/c1-11(15(22)18-16-19-17-10-23-16)20-7-5-12(6-8-20)13-3-2-4-14(21)9-13/h2-4,9-12,21H,5-8H2,1H3,(H,18,19,22)/t11-/m0/s1. The lowest BCUT2D eigenvalue weighted by molar-refractivity contribution is -0.121. The summed E-state index contributed by atoms with van der Waals surface area (Å²) in [6, 6.07) is 7.29. The molecule has 6 nitrogen and oxygen atoms in total. The molecule has 2 N–H and O–H groups in total. The molecule has 0 aliphatic carbocycles. The molecule has 122 valence electrons. The number of amides is 1. The van der Waals surface area contributed by atoms with Crippen LogP contribution in [0.1, 0.15) is 31.2 Å². The summed E-state index contributed by atoms with van der Waals surface area (Å²) < 4.78 is 0. The first-order valence-corrected chi connectivity index (χ1v) is 8.61. The Morgan fingerprint density at radius 1 is 1.43 bits per heavy atom. The van der Waals surface area contributed by atoms with Gasteiger partial charge in [0.2, 0.25) is 11.0 Å². The number of aromatic hydroxyl groups is 1. The zero-order chi connectivity index (χ0) is 16.2. The number of hydrogen-bond acceptors (Lipinski definition) is 6. The molecule has 23 heavy (non-hydrogen) atoms. The molecule has 1 aliphatic rings. The van der Waals surface area contributed by atoms with Crippen molar-refractivity contribution in [2.45, 2.75) is 31.7 Å². The zero-order valence-corrected chi connectivity index (χ0v) is 13.8. The Morgan fingerprint density at radius 3 is 2.87 bits per heavy atom. The van der Waals surface area contributed by atoms with Crippen molar-refractivity contribution in [1.82, 2.24) is 15.1 Å². The van der Waals surface area contributed by atoms with E-state index in [0.717, 1.165) is 25.9 Å². The van der Waals surface area contributed by atoms with Crippen molar-refractivity contribution in [1.29, 1.82) is 0 Å². The van der Waals surface area contributed by atoms with E-state index in [2.05, 4.69) is 26.5 Å². The SMILES string of the molecule is C[C@@H](C(=O)Nc1nncs1)N1CCC(c2cccc(O)c2)CC1. The van der Waals surface area contributed by atoms with Crippen molar-refractivity contribution in [3.05, 3.63) is 35.3 Å². The highest BCUT2D eigenvalue weighted by Crippen LogP contribution is 2.30. The normalized spacial score (nSPS) is 17.8. The van der Waals surface area contributed by atoms with Gasteiger partial charge in [-0.1, -0.05) is 23.5 Å². The number of anilines is 1. The molecule has 7 heteroatoms. The van der Waals surface area contributed by atoms with E-state index in [1.165, 1.54) is 16.9 Å². The van der Waals surface area contributed by atoms with Crippen molar-refractivity contribution in [2.24, 2.45) is 0 Å². The van der Waals surface area contributed by atoms with E-state index in [0.29, 0.717) is 16.8 Å². The topological polar surface area (TPSA) is 78.4 Å². The molecule has 1 aliphatic heterocycles. The van der Waals surface area contributed by atoms with E-state index >= 15 is 0 Å². The van der Waals surface area contributed by atoms with Gasteiger partial charge in [0.05, 0.1) is 6.04 Å². The monoisotopic (exact) mass is 332 g/mol. The summed E-state index contributed by atoms with van der Waals surface area (Å²) >= 11 is 1.32. The minimum Gasteiger partial charge on any atom is -0.508 e. The van der Waals surface area contributed by atoms with Gasteiger partial charge in [0, 0.05) is 0 Å². The van der Waals surface area contributed by atoms with Crippen LogP contribution in [0.2, 0.25) is 0 Å². The molecule has 1 fully saturated rings. The number of hydrogen-bond donors (Lipinski definition) is 2. The van der Waals surface area contributed by atoms with Gasteiger partial charge in [0.15, 0.2) is 0 Å². The van der Waals surface area contributed by atoms with Gasteiger partial charge in [-0.05, 0) is 56.5 Å². The summed E-state index contributed by atoms with van der Waals surface area (Å²) in [5.74, 6) is 0.712. The van der Waals surface area contributed by atoms with Crippen LogP contribution in [0, 0.1) is 0 Å². The molecule has 0 unspecified atom stereocenters. The summed E-state index contributed by atoms with van der Waals surface area (Å²) in [6.07, 6.45) is 1.97. The van der Waals surface area contributed by atoms with Gasteiger partial charge in [0.25, 0.3) is 0 Å². The molecular weight excluding hydrogens is 312 g/mol. The zero-order valence-electron chi connectivity index (χ0n) is 13.0. The van der Waals surface area contributed by atoms with Crippen LogP contribution in [0.15, 0.2) is 29.8 Å². The summed E-state index contributed by atoms with van der Waals surface area (Å²) in [4.78, 5) is 14.4. The second-order valence-corrected chi connectivity index (χ2v) is 6.65. The van der Waals surface area contributed by atoms with E-state index in [-0.39, 0.29) is 11.9 Å². The first-order valence-electron chi connectivity index (χ1n) is 7.73. The molecule has 0 radical (unpaired) electrons. The summed E-state index contributed by atoms with van der Waals surface area (Å²) in [5.41, 5.74) is 2.77. The Labute approximate surface area is 139 Å². The van der Waals surface area contributed by atoms with Crippen LogP contribution in [0.3, 0.4) is 0 Å². The van der Waals surface area contributed by atoms with Gasteiger partial charge in [0.1, 0.15) is 11.3 Å². The number of aromatic nitrogens is 2. The summed E-state index contributed by atoms with van der Waals surface area (Å²) in [5, 5.41) is 20.5. The lowest BCUT2D eigenvalue weighted by Crippen LogP contribution is -2.45. The van der Waals surface area contributed by atoms with Gasteiger partial charge in [-0.25, -0.2) is 0 Å². The fourth-order valence-electron chi connectivity index (χ4n) is 3.00. The third-order valence-electron chi connectivity index (χ3n) is 4.39. The number of nitrogens with one attached hydrogen (secondary N) is 1. The Morgan fingerprint density at radius 2 is 2.22 bits per heavy atom. The van der Waals surface area contributed by atoms with Crippen LogP contribution in [0.25, 0.3) is 0 Å². The second kappa shape index (κ2) is 7.06. The van der Waals surface area contributed by atoms with Crippen LogP contribution in [-0.2, 0) is 4.79 Å². The van der Waals surface area contributed by atoms with Crippen molar-refractivity contribution >= 4 is 22.4 Å². The van der Waals surface area contributed by atoms with E-state index in [9.17, 15) is 9.90 Å². The molecule has 2 heterocycles. The van der Waals surface area contributed by atoms with Crippen LogP contribution in [0.5, 0.6) is 5.75 Å². The molecule has 3 rings (SSSR count). The maximum Gasteiger partial charge on any atom is 0.243 e. The van der Waals surface area contributed by atoms with Gasteiger partial charge in [-0.3, -0.25) is 15.0 Å². The Kier molecular flexibility index (Phi) is 4.88. The highest BCUT2D eigenvalue weighted by molar-refractivity contribution is 7.13. The van der Waals surface area contributed by atoms with Gasteiger partial charge in [-0.2, -0.15) is 0 Å². The lowest BCUT2D eigenvalue weighted by atomic mass is 9.89. The van der Waals surface area contributed by atoms with Crippen LogP contribution in [0.4, 0.5) is 5.13 Å². The smallest absolute Gasteiger partial charge is 0.243 e. The fourth-order valence-corrected chi connectivity index (χ4v) is 3.45. The molecule has 1 amide bonds. The predicted molar refractivity (Wildman–Crippen MR) is 89.7 cm³/mol. The molecule has 1 saturated heterocycles. The number of phenols is 1. The first-order chi connectivity index (χ1) is 11.1. The average molecular weight is 332 g/mol. The number of phenolic OH excluding ortho intramolecular Hbond substituents is 1. The highest BCUT2D eigenvalue weighted by Gasteiger charge is 2.27. The largest absolute Gasteiger partial charge is 0.508 e. The molecule has 0 spiro atoms. The average Bonchev–Trinajstić information content (AvgIpc) is 3.07.